The average molecular weight is 442 g/mol. The summed E-state index contributed by atoms with van der Waals surface area (Å²) >= 11 is 0. The van der Waals surface area contributed by atoms with Gasteiger partial charge in [-0.1, -0.05) is 19.1 Å². The second-order valence-electron chi connectivity index (χ2n) is 10.5. The molecule has 0 aromatic heterocycles. The van der Waals surface area contributed by atoms with Crippen LogP contribution in [0.3, 0.4) is 0 Å². The average Bonchev–Trinajstić information content (AvgIpc) is 3.06. The summed E-state index contributed by atoms with van der Waals surface area (Å²) in [7, 11) is 0. The van der Waals surface area contributed by atoms with E-state index in [9.17, 15) is 10.0 Å². The van der Waals surface area contributed by atoms with Gasteiger partial charge >= 0.3 is 5.97 Å². The first-order chi connectivity index (χ1) is 15.3. The van der Waals surface area contributed by atoms with Gasteiger partial charge in [-0.05, 0) is 55.6 Å². The monoisotopic (exact) mass is 441 g/mol. The topological polar surface area (TPSA) is 80.5 Å². The molecule has 4 fully saturated rings. The van der Waals surface area contributed by atoms with Crippen molar-refractivity contribution in [3.05, 3.63) is 41.6 Å². The fraction of sp³-hybridized carbons (Fsp3) is 0.640. The van der Waals surface area contributed by atoms with E-state index in [-0.39, 0.29) is 23.4 Å². The molecule has 2 heterocycles. The lowest BCUT2D eigenvalue weighted by Gasteiger charge is -2.50. The van der Waals surface area contributed by atoms with Gasteiger partial charge in [0.25, 0.3) is 0 Å². The lowest BCUT2D eigenvalue weighted by molar-refractivity contribution is -0.991. The van der Waals surface area contributed by atoms with Gasteiger partial charge in [-0.3, -0.25) is 9.69 Å². The van der Waals surface area contributed by atoms with Gasteiger partial charge < -0.3 is 14.8 Å². The van der Waals surface area contributed by atoms with Gasteiger partial charge in [-0.25, -0.2) is 5.21 Å². The van der Waals surface area contributed by atoms with Gasteiger partial charge in [0.1, 0.15) is 6.10 Å². The Kier molecular flexibility index (Phi) is 5.78. The van der Waals surface area contributed by atoms with Crippen molar-refractivity contribution in [3.63, 3.8) is 0 Å². The van der Waals surface area contributed by atoms with Crippen molar-refractivity contribution in [2.75, 3.05) is 37.6 Å². The molecule has 6 atom stereocenters. The van der Waals surface area contributed by atoms with Gasteiger partial charge in [-0.2, -0.15) is 5.23 Å². The molecule has 2 aliphatic carbocycles. The van der Waals surface area contributed by atoms with E-state index in [4.69, 9.17) is 9.94 Å². The van der Waals surface area contributed by atoms with E-state index in [1.807, 2.05) is 12.1 Å². The molecule has 1 aromatic carbocycles. The van der Waals surface area contributed by atoms with Crippen molar-refractivity contribution in [2.45, 2.75) is 45.1 Å². The summed E-state index contributed by atoms with van der Waals surface area (Å²) in [5.41, 5.74) is 2.99. The number of rotatable bonds is 4. The number of carbonyl (C=O) groups is 1. The molecule has 2 saturated carbocycles. The smallest absolute Gasteiger partial charge is 0.310 e. The van der Waals surface area contributed by atoms with E-state index < -0.39 is 5.23 Å². The van der Waals surface area contributed by atoms with Crippen LogP contribution in [0.5, 0.6) is 0 Å². The second-order valence-corrected chi connectivity index (χ2v) is 10.5. The van der Waals surface area contributed by atoms with E-state index in [2.05, 4.69) is 23.3 Å². The number of ether oxygens (including phenoxy) is 1. The van der Waals surface area contributed by atoms with Gasteiger partial charge in [-0.15, -0.1) is 0 Å². The van der Waals surface area contributed by atoms with Gasteiger partial charge in [0, 0.05) is 56.5 Å². The summed E-state index contributed by atoms with van der Waals surface area (Å²) < 4.78 is 5.94. The maximum Gasteiger partial charge on any atom is 0.310 e. The zero-order valence-electron chi connectivity index (χ0n) is 19.0. The Labute approximate surface area is 190 Å². The number of carbonyl (C=O) groups excluding carboxylic acids is 1. The Hall–Kier alpha value is -1.93. The zero-order chi connectivity index (χ0) is 22.5. The van der Waals surface area contributed by atoms with Crippen LogP contribution in [0.4, 0.5) is 11.4 Å². The summed E-state index contributed by atoms with van der Waals surface area (Å²) in [6.07, 6.45) is 5.68. The molecule has 4 aliphatic rings. The maximum absolute atomic E-state index is 12.8. The highest BCUT2D eigenvalue weighted by molar-refractivity contribution is 5.75. The molecule has 0 bridgehead atoms. The molecule has 2 N–H and O–H groups in total. The molecule has 32 heavy (non-hydrogen) atoms. The van der Waals surface area contributed by atoms with E-state index in [1.54, 1.807) is 12.1 Å². The highest BCUT2D eigenvalue weighted by atomic mass is 16.8. The Morgan fingerprint density at radius 1 is 1.25 bits per heavy atom. The molecular weight excluding hydrogens is 406 g/mol. The Morgan fingerprint density at radius 2 is 1.97 bits per heavy atom. The van der Waals surface area contributed by atoms with Crippen molar-refractivity contribution >= 4 is 17.3 Å². The summed E-state index contributed by atoms with van der Waals surface area (Å²) in [4.78, 5) is 17.5. The van der Waals surface area contributed by atoms with Crippen molar-refractivity contribution in [1.82, 2.24) is 4.90 Å². The molecule has 2 aliphatic heterocycles. The van der Waals surface area contributed by atoms with E-state index in [0.717, 1.165) is 57.7 Å². The minimum Gasteiger partial charge on any atom is -0.595 e. The minimum atomic E-state index is -0.900. The highest BCUT2D eigenvalue weighted by Crippen LogP contribution is 2.56. The van der Waals surface area contributed by atoms with Crippen molar-refractivity contribution in [2.24, 2.45) is 23.2 Å². The number of hydrogen-bond acceptors (Lipinski definition) is 6. The van der Waals surface area contributed by atoms with Crippen LogP contribution in [0.15, 0.2) is 36.4 Å². The quantitative estimate of drug-likeness (QED) is 0.425. The van der Waals surface area contributed by atoms with E-state index in [0.29, 0.717) is 17.5 Å². The number of nitrogens with one attached hydrogen (secondary N) is 1. The summed E-state index contributed by atoms with van der Waals surface area (Å²) in [5, 5.41) is 19.3. The molecule has 1 unspecified atom stereocenters. The number of hydrogen-bond donors (Lipinski definition) is 2. The van der Waals surface area contributed by atoms with E-state index in [1.165, 1.54) is 18.4 Å². The van der Waals surface area contributed by atoms with Crippen LogP contribution in [0.2, 0.25) is 0 Å². The fourth-order valence-electron chi connectivity index (χ4n) is 6.75. The lowest BCUT2D eigenvalue weighted by atomic mass is 9.55. The normalized spacial score (nSPS) is 36.4. The SMILES string of the molecule is C=C1CCC[C@]2(C)C[C@H]3OC(=O)[C@H](CN4CCN(c5ccc([NH+]([O-])O)cc5)CC4)[C@@H]3C[C@H]12. The number of nitrogens with zero attached hydrogens (tertiary/aromatic N) is 2. The molecule has 0 spiro atoms. The van der Waals surface area contributed by atoms with Crippen molar-refractivity contribution in [3.8, 4) is 0 Å². The number of fused-ring (bicyclic) bond motifs is 2. The third-order valence-corrected chi connectivity index (χ3v) is 8.63. The standard InChI is InChI=1S/C25H35N3O4/c1-17-4-3-9-25(2)15-23-20(14-22(17)25)21(24(29)32-23)16-26-10-12-27(13-11-26)18-5-7-19(8-6-18)28(30)31/h5-8,20-23,28,30H,1,3-4,9-16H2,2H3/t20-,21+,22+,23+,25+/m0/s1. The predicted molar refractivity (Wildman–Crippen MR) is 122 cm³/mol. The molecule has 174 valence electrons. The summed E-state index contributed by atoms with van der Waals surface area (Å²) in [6.45, 7) is 11.1. The highest BCUT2D eigenvalue weighted by Gasteiger charge is 2.55. The van der Waals surface area contributed by atoms with Crippen LogP contribution in [0.25, 0.3) is 0 Å². The van der Waals surface area contributed by atoms with Crippen LogP contribution in [0.1, 0.15) is 39.0 Å². The Balaban J connectivity index is 1.20. The first-order valence-electron chi connectivity index (χ1n) is 12.0. The van der Waals surface area contributed by atoms with Gasteiger partial charge in [0.15, 0.2) is 5.69 Å². The molecule has 7 nitrogen and oxygen atoms in total. The maximum atomic E-state index is 12.8. The second kappa shape index (κ2) is 8.45. The summed E-state index contributed by atoms with van der Waals surface area (Å²) in [6, 6.07) is 7.09. The lowest BCUT2D eigenvalue weighted by Crippen LogP contribution is -2.99. The Bertz CT molecular complexity index is 864. The molecule has 5 rings (SSSR count). The van der Waals surface area contributed by atoms with Gasteiger partial charge in [0.2, 0.25) is 0 Å². The predicted octanol–water partition coefficient (Wildman–Crippen LogP) is 2.53. The number of esters is 1. The molecule has 7 heteroatoms. The summed E-state index contributed by atoms with van der Waals surface area (Å²) in [5.74, 6) is 0.817. The van der Waals surface area contributed by atoms with Crippen LogP contribution in [0, 0.1) is 28.4 Å². The minimum absolute atomic E-state index is 0.000418. The molecule has 0 radical (unpaired) electrons. The van der Waals surface area contributed by atoms with Crippen LogP contribution in [-0.2, 0) is 9.53 Å². The van der Waals surface area contributed by atoms with Crippen LogP contribution in [-0.4, -0.2) is 54.9 Å². The third kappa shape index (κ3) is 3.96. The van der Waals surface area contributed by atoms with Crippen molar-refractivity contribution in [1.29, 1.82) is 0 Å². The number of benzene rings is 1. The first-order valence-corrected chi connectivity index (χ1v) is 12.0. The van der Waals surface area contributed by atoms with E-state index >= 15 is 0 Å². The number of piperazine rings is 1. The van der Waals surface area contributed by atoms with Crippen LogP contribution < -0.4 is 10.1 Å². The van der Waals surface area contributed by atoms with Crippen molar-refractivity contribution < 1.29 is 20.0 Å². The molecular formula is C25H35N3O4. The zero-order valence-corrected chi connectivity index (χ0v) is 19.0. The number of quaternary nitrogens is 1. The molecule has 1 aromatic rings. The van der Waals surface area contributed by atoms with Gasteiger partial charge in [0.05, 0.1) is 5.92 Å². The Morgan fingerprint density at radius 3 is 2.66 bits per heavy atom. The largest absolute Gasteiger partial charge is 0.595 e. The number of allylic oxidation sites excluding steroid dienone is 1. The number of anilines is 1. The fourth-order valence-corrected chi connectivity index (χ4v) is 6.75. The van der Waals surface area contributed by atoms with Crippen LogP contribution >= 0.6 is 0 Å². The first kappa shape index (κ1) is 21.9. The molecule has 2 saturated heterocycles. The third-order valence-electron chi connectivity index (χ3n) is 8.63. The molecule has 0 amide bonds.